The van der Waals surface area contributed by atoms with E-state index in [0.29, 0.717) is 5.92 Å². The molecule has 18 heavy (non-hydrogen) atoms. The monoisotopic (exact) mass is 245 g/mol. The summed E-state index contributed by atoms with van der Waals surface area (Å²) in [5.41, 5.74) is 0.854. The third-order valence-corrected chi connectivity index (χ3v) is 3.70. The number of rotatable bonds is 2. The number of hydrogen-bond acceptors (Lipinski definition) is 3. The molecule has 0 aromatic carbocycles. The standard InChI is InChI=1S/C13H15N3O2/c17-13(18)10-6-4-9(5-7-10)12-14-11-3-1-2-8-16(11)15-12/h1-3,8-10H,4-7H2,(H,17,18). The molecule has 0 bridgehead atoms. The molecule has 1 N–H and O–H groups in total. The Morgan fingerprint density at radius 1 is 1.28 bits per heavy atom. The number of carboxylic acids is 1. The van der Waals surface area contributed by atoms with Crippen LogP contribution in [-0.4, -0.2) is 25.7 Å². The molecule has 0 radical (unpaired) electrons. The van der Waals surface area contributed by atoms with Crippen molar-refractivity contribution < 1.29 is 9.90 Å². The van der Waals surface area contributed by atoms with Gasteiger partial charge in [-0.1, -0.05) is 6.07 Å². The maximum atomic E-state index is 10.9. The molecule has 1 saturated carbocycles. The molecule has 0 spiro atoms. The third-order valence-electron chi connectivity index (χ3n) is 3.70. The fourth-order valence-corrected chi connectivity index (χ4v) is 2.62. The van der Waals surface area contributed by atoms with Gasteiger partial charge in [0.15, 0.2) is 11.5 Å². The van der Waals surface area contributed by atoms with Gasteiger partial charge in [0.1, 0.15) is 0 Å². The summed E-state index contributed by atoms with van der Waals surface area (Å²) in [5.74, 6) is 0.306. The maximum Gasteiger partial charge on any atom is 0.306 e. The molecule has 94 valence electrons. The van der Waals surface area contributed by atoms with Gasteiger partial charge in [-0.3, -0.25) is 4.79 Å². The van der Waals surface area contributed by atoms with E-state index in [1.165, 1.54) is 0 Å². The molecule has 1 fully saturated rings. The van der Waals surface area contributed by atoms with Crippen LogP contribution in [0.25, 0.3) is 5.65 Å². The highest BCUT2D eigenvalue weighted by Crippen LogP contribution is 2.34. The van der Waals surface area contributed by atoms with Crippen molar-refractivity contribution in [3.8, 4) is 0 Å². The first-order chi connectivity index (χ1) is 8.74. The lowest BCUT2D eigenvalue weighted by Crippen LogP contribution is -2.21. The van der Waals surface area contributed by atoms with Gasteiger partial charge in [-0.2, -0.15) is 5.10 Å². The van der Waals surface area contributed by atoms with Crippen LogP contribution >= 0.6 is 0 Å². The minimum absolute atomic E-state index is 0.182. The minimum Gasteiger partial charge on any atom is -0.481 e. The molecule has 0 unspecified atom stereocenters. The second kappa shape index (κ2) is 4.40. The molecule has 0 aliphatic heterocycles. The van der Waals surface area contributed by atoms with E-state index in [1.807, 2.05) is 24.4 Å². The van der Waals surface area contributed by atoms with Crippen molar-refractivity contribution in [3.63, 3.8) is 0 Å². The van der Waals surface area contributed by atoms with Gasteiger partial charge < -0.3 is 5.11 Å². The van der Waals surface area contributed by atoms with E-state index in [0.717, 1.165) is 37.2 Å². The van der Waals surface area contributed by atoms with Crippen molar-refractivity contribution in [2.24, 2.45) is 5.92 Å². The topological polar surface area (TPSA) is 67.5 Å². The number of carbonyl (C=O) groups is 1. The molecule has 3 rings (SSSR count). The molecule has 0 atom stereocenters. The molecule has 0 saturated heterocycles. The summed E-state index contributed by atoms with van der Waals surface area (Å²) in [4.78, 5) is 15.4. The molecular weight excluding hydrogens is 230 g/mol. The number of aromatic nitrogens is 3. The summed E-state index contributed by atoms with van der Waals surface area (Å²) in [7, 11) is 0. The summed E-state index contributed by atoms with van der Waals surface area (Å²) < 4.78 is 1.78. The Hall–Kier alpha value is -1.91. The predicted octanol–water partition coefficient (Wildman–Crippen LogP) is 2.09. The number of hydrogen-bond donors (Lipinski definition) is 1. The average Bonchev–Trinajstić information content (AvgIpc) is 2.82. The quantitative estimate of drug-likeness (QED) is 0.879. The average molecular weight is 245 g/mol. The SMILES string of the molecule is O=C(O)C1CCC(c2nc3ccccn3n2)CC1. The summed E-state index contributed by atoms with van der Waals surface area (Å²) in [6, 6.07) is 5.79. The highest BCUT2D eigenvalue weighted by atomic mass is 16.4. The third kappa shape index (κ3) is 1.96. The van der Waals surface area contributed by atoms with E-state index in [4.69, 9.17) is 5.11 Å². The second-order valence-electron chi connectivity index (χ2n) is 4.86. The van der Waals surface area contributed by atoms with Crippen molar-refractivity contribution in [2.45, 2.75) is 31.6 Å². The van der Waals surface area contributed by atoms with Crippen LogP contribution in [0.15, 0.2) is 24.4 Å². The molecule has 0 amide bonds. The molecule has 5 heteroatoms. The Morgan fingerprint density at radius 3 is 2.72 bits per heavy atom. The zero-order valence-electron chi connectivity index (χ0n) is 9.99. The number of pyridine rings is 1. The van der Waals surface area contributed by atoms with Gasteiger partial charge >= 0.3 is 5.97 Å². The van der Waals surface area contributed by atoms with Gasteiger partial charge in [-0.25, -0.2) is 9.50 Å². The highest BCUT2D eigenvalue weighted by Gasteiger charge is 2.28. The Labute approximate surface area is 104 Å². The lowest BCUT2D eigenvalue weighted by atomic mass is 9.82. The number of fused-ring (bicyclic) bond motifs is 1. The molecule has 5 nitrogen and oxygen atoms in total. The largest absolute Gasteiger partial charge is 0.481 e. The van der Waals surface area contributed by atoms with E-state index in [1.54, 1.807) is 4.52 Å². The summed E-state index contributed by atoms with van der Waals surface area (Å²) in [5, 5.41) is 13.4. The Balaban J connectivity index is 1.78. The fraction of sp³-hybridized carbons (Fsp3) is 0.462. The minimum atomic E-state index is -0.670. The lowest BCUT2D eigenvalue weighted by Gasteiger charge is -2.23. The molecule has 1 aliphatic rings. The van der Waals surface area contributed by atoms with Crippen LogP contribution in [0.1, 0.15) is 37.4 Å². The van der Waals surface area contributed by atoms with Crippen molar-refractivity contribution in [2.75, 3.05) is 0 Å². The van der Waals surface area contributed by atoms with Crippen molar-refractivity contribution in [1.29, 1.82) is 0 Å². The van der Waals surface area contributed by atoms with Gasteiger partial charge in [0.2, 0.25) is 0 Å². The van der Waals surface area contributed by atoms with Crippen LogP contribution in [0.2, 0.25) is 0 Å². The van der Waals surface area contributed by atoms with Crippen molar-refractivity contribution in [3.05, 3.63) is 30.2 Å². The summed E-state index contributed by atoms with van der Waals surface area (Å²) in [6.07, 6.45) is 5.08. The predicted molar refractivity (Wildman–Crippen MR) is 65.3 cm³/mol. The summed E-state index contributed by atoms with van der Waals surface area (Å²) >= 11 is 0. The fourth-order valence-electron chi connectivity index (χ4n) is 2.62. The highest BCUT2D eigenvalue weighted by molar-refractivity contribution is 5.70. The van der Waals surface area contributed by atoms with Gasteiger partial charge in [-0.15, -0.1) is 0 Å². The molecule has 2 aromatic rings. The smallest absolute Gasteiger partial charge is 0.306 e. The van der Waals surface area contributed by atoms with E-state index >= 15 is 0 Å². The van der Waals surface area contributed by atoms with Crippen LogP contribution in [0.3, 0.4) is 0 Å². The maximum absolute atomic E-state index is 10.9. The first kappa shape index (κ1) is 11.2. The van der Waals surface area contributed by atoms with E-state index < -0.39 is 5.97 Å². The molecular formula is C13H15N3O2. The van der Waals surface area contributed by atoms with Crippen LogP contribution < -0.4 is 0 Å². The van der Waals surface area contributed by atoms with E-state index in [9.17, 15) is 4.79 Å². The van der Waals surface area contributed by atoms with Crippen molar-refractivity contribution in [1.82, 2.24) is 14.6 Å². The van der Waals surface area contributed by atoms with E-state index in [-0.39, 0.29) is 5.92 Å². The zero-order chi connectivity index (χ0) is 12.5. The zero-order valence-corrected chi connectivity index (χ0v) is 9.99. The molecule has 2 heterocycles. The number of aliphatic carboxylic acids is 1. The van der Waals surface area contributed by atoms with Crippen LogP contribution in [-0.2, 0) is 4.79 Å². The summed E-state index contributed by atoms with van der Waals surface area (Å²) in [6.45, 7) is 0. The van der Waals surface area contributed by atoms with Crippen LogP contribution in [0.4, 0.5) is 0 Å². The normalized spacial score (nSPS) is 24.2. The van der Waals surface area contributed by atoms with Crippen molar-refractivity contribution >= 4 is 11.6 Å². The Morgan fingerprint density at radius 2 is 2.06 bits per heavy atom. The van der Waals surface area contributed by atoms with Crippen LogP contribution in [0, 0.1) is 5.92 Å². The van der Waals surface area contributed by atoms with Gasteiger partial charge in [0, 0.05) is 12.1 Å². The van der Waals surface area contributed by atoms with Crippen LogP contribution in [0.5, 0.6) is 0 Å². The van der Waals surface area contributed by atoms with Gasteiger partial charge in [0.25, 0.3) is 0 Å². The number of carboxylic acid groups (broad SMARTS) is 1. The van der Waals surface area contributed by atoms with E-state index in [2.05, 4.69) is 10.1 Å². The Bertz CT molecular complexity index is 537. The second-order valence-corrected chi connectivity index (χ2v) is 4.86. The number of nitrogens with zero attached hydrogens (tertiary/aromatic N) is 3. The lowest BCUT2D eigenvalue weighted by molar-refractivity contribution is -0.142. The van der Waals surface area contributed by atoms with Gasteiger partial charge in [0.05, 0.1) is 5.92 Å². The Kier molecular flexibility index (Phi) is 2.74. The van der Waals surface area contributed by atoms with Gasteiger partial charge in [-0.05, 0) is 37.8 Å². The molecule has 2 aromatic heterocycles. The first-order valence-electron chi connectivity index (χ1n) is 6.28. The molecule has 1 aliphatic carbocycles. The first-order valence-corrected chi connectivity index (χ1v) is 6.28.